The van der Waals surface area contributed by atoms with E-state index >= 15 is 0 Å². The molecule has 0 unspecified atom stereocenters. The van der Waals surface area contributed by atoms with E-state index in [-0.39, 0.29) is 15.7 Å². The minimum Gasteiger partial charge on any atom is -0.330 e. The minimum atomic E-state index is -0.333. The third-order valence-corrected chi connectivity index (χ3v) is 3.68. The van der Waals surface area contributed by atoms with E-state index in [4.69, 9.17) is 23.2 Å². The maximum absolute atomic E-state index is 11.9. The lowest BCUT2D eigenvalue weighted by atomic mass is 10.4. The van der Waals surface area contributed by atoms with Crippen LogP contribution in [-0.4, -0.2) is 19.1 Å². The zero-order chi connectivity index (χ0) is 12.7. The van der Waals surface area contributed by atoms with Crippen molar-refractivity contribution >= 4 is 23.2 Å². The molecule has 5 nitrogen and oxygen atoms in total. The standard InChI is InChI=1S/C11H10Cl2N4O/c12-9-10(13)15-6-16(11(9)18)4-8-3-14-5-17(8)7-1-2-7/h3,5-7H,1-2,4H2. The smallest absolute Gasteiger partial charge is 0.274 e. The summed E-state index contributed by atoms with van der Waals surface area (Å²) in [4.78, 5) is 19.9. The van der Waals surface area contributed by atoms with E-state index in [1.165, 1.54) is 10.9 Å². The third kappa shape index (κ3) is 2.04. The summed E-state index contributed by atoms with van der Waals surface area (Å²) in [5, 5.41) is -0.00901. The summed E-state index contributed by atoms with van der Waals surface area (Å²) in [5.74, 6) is 0. The van der Waals surface area contributed by atoms with E-state index in [2.05, 4.69) is 14.5 Å². The highest BCUT2D eigenvalue weighted by atomic mass is 35.5. The van der Waals surface area contributed by atoms with Gasteiger partial charge in [-0.25, -0.2) is 9.97 Å². The first-order valence-electron chi connectivity index (χ1n) is 5.58. The molecule has 0 spiro atoms. The lowest BCUT2D eigenvalue weighted by Gasteiger charge is -2.08. The first-order chi connectivity index (χ1) is 8.66. The Bertz CT molecular complexity index is 645. The number of hydrogen-bond acceptors (Lipinski definition) is 3. The van der Waals surface area contributed by atoms with Crippen LogP contribution in [0.4, 0.5) is 0 Å². The highest BCUT2D eigenvalue weighted by Gasteiger charge is 2.25. The molecule has 1 aliphatic carbocycles. The molecule has 0 aromatic carbocycles. The maximum atomic E-state index is 11.9. The summed E-state index contributed by atoms with van der Waals surface area (Å²) < 4.78 is 3.53. The van der Waals surface area contributed by atoms with Crippen molar-refractivity contribution in [3.8, 4) is 0 Å². The molecular formula is C11H10Cl2N4O. The predicted molar refractivity (Wildman–Crippen MR) is 68.1 cm³/mol. The lowest BCUT2D eigenvalue weighted by Crippen LogP contribution is -2.22. The van der Waals surface area contributed by atoms with Crippen LogP contribution in [0.15, 0.2) is 23.6 Å². The van der Waals surface area contributed by atoms with Crippen molar-refractivity contribution < 1.29 is 0 Å². The summed E-state index contributed by atoms with van der Waals surface area (Å²) in [6, 6.07) is 0.522. The Kier molecular flexibility index (Phi) is 2.87. The SMILES string of the molecule is O=c1c(Cl)c(Cl)ncn1Cc1cncn1C1CC1. The normalized spacial score (nSPS) is 15.0. The van der Waals surface area contributed by atoms with Crippen molar-refractivity contribution in [1.82, 2.24) is 19.1 Å². The first-order valence-corrected chi connectivity index (χ1v) is 6.33. The Labute approximate surface area is 113 Å². The summed E-state index contributed by atoms with van der Waals surface area (Å²) in [6.07, 6.45) is 7.28. The second kappa shape index (κ2) is 4.40. The number of rotatable bonds is 3. The lowest BCUT2D eigenvalue weighted by molar-refractivity contribution is 0.638. The highest BCUT2D eigenvalue weighted by Crippen LogP contribution is 2.35. The topological polar surface area (TPSA) is 52.7 Å². The Hall–Kier alpha value is -1.33. The molecule has 0 saturated heterocycles. The fourth-order valence-electron chi connectivity index (χ4n) is 1.87. The van der Waals surface area contributed by atoms with E-state index in [0.29, 0.717) is 12.6 Å². The molecule has 94 valence electrons. The van der Waals surface area contributed by atoms with Crippen molar-refractivity contribution in [2.45, 2.75) is 25.4 Å². The highest BCUT2D eigenvalue weighted by molar-refractivity contribution is 6.40. The molecule has 18 heavy (non-hydrogen) atoms. The molecule has 0 N–H and O–H groups in total. The van der Waals surface area contributed by atoms with Gasteiger partial charge in [-0.05, 0) is 12.8 Å². The predicted octanol–water partition coefficient (Wildman–Crippen LogP) is 2.13. The third-order valence-electron chi connectivity index (χ3n) is 2.96. The van der Waals surface area contributed by atoms with Gasteiger partial charge in [0, 0.05) is 12.2 Å². The average molecular weight is 285 g/mol. The molecule has 0 bridgehead atoms. The van der Waals surface area contributed by atoms with Gasteiger partial charge in [-0.2, -0.15) is 0 Å². The molecule has 2 heterocycles. The van der Waals surface area contributed by atoms with Gasteiger partial charge in [0.1, 0.15) is 5.02 Å². The van der Waals surface area contributed by atoms with E-state index in [0.717, 1.165) is 18.5 Å². The molecule has 0 radical (unpaired) electrons. The molecular weight excluding hydrogens is 275 g/mol. The number of hydrogen-bond donors (Lipinski definition) is 0. The zero-order valence-electron chi connectivity index (χ0n) is 9.38. The minimum absolute atomic E-state index is 0.0358. The molecule has 0 atom stereocenters. The number of halogens is 2. The average Bonchev–Trinajstić information content (AvgIpc) is 3.11. The van der Waals surface area contributed by atoms with E-state index in [9.17, 15) is 4.79 Å². The van der Waals surface area contributed by atoms with Gasteiger partial charge < -0.3 is 4.57 Å². The van der Waals surface area contributed by atoms with Crippen molar-refractivity contribution in [3.63, 3.8) is 0 Å². The molecule has 7 heteroatoms. The van der Waals surface area contributed by atoms with Crippen LogP contribution in [-0.2, 0) is 6.54 Å². The van der Waals surface area contributed by atoms with Crippen LogP contribution in [0.3, 0.4) is 0 Å². The van der Waals surface area contributed by atoms with Gasteiger partial charge >= 0.3 is 0 Å². The van der Waals surface area contributed by atoms with Crippen LogP contribution in [0.25, 0.3) is 0 Å². The Morgan fingerprint density at radius 2 is 2.11 bits per heavy atom. The molecule has 2 aromatic heterocycles. The Balaban J connectivity index is 1.95. The number of aromatic nitrogens is 4. The molecule has 1 saturated carbocycles. The van der Waals surface area contributed by atoms with Crippen molar-refractivity contribution in [2.24, 2.45) is 0 Å². The first kappa shape index (κ1) is 11.7. The quantitative estimate of drug-likeness (QED) is 0.812. The largest absolute Gasteiger partial charge is 0.330 e. The molecule has 0 aliphatic heterocycles. The Morgan fingerprint density at radius 1 is 1.33 bits per heavy atom. The molecule has 1 aliphatic rings. The maximum Gasteiger partial charge on any atom is 0.274 e. The van der Waals surface area contributed by atoms with Crippen LogP contribution < -0.4 is 5.56 Å². The number of nitrogens with zero attached hydrogens (tertiary/aromatic N) is 4. The van der Waals surface area contributed by atoms with Crippen molar-refractivity contribution in [3.05, 3.63) is 45.1 Å². The second-order valence-corrected chi connectivity index (χ2v) is 5.04. The van der Waals surface area contributed by atoms with Crippen LogP contribution in [0.5, 0.6) is 0 Å². The van der Waals surface area contributed by atoms with Crippen LogP contribution in [0, 0.1) is 0 Å². The van der Waals surface area contributed by atoms with Crippen LogP contribution in [0.2, 0.25) is 10.2 Å². The van der Waals surface area contributed by atoms with Crippen molar-refractivity contribution in [2.75, 3.05) is 0 Å². The summed E-state index contributed by atoms with van der Waals surface area (Å²) in [5.41, 5.74) is 0.639. The fraction of sp³-hybridized carbons (Fsp3) is 0.364. The van der Waals surface area contributed by atoms with Gasteiger partial charge in [0.2, 0.25) is 0 Å². The molecule has 1 fully saturated rings. The van der Waals surface area contributed by atoms with Gasteiger partial charge in [0.05, 0.1) is 24.9 Å². The van der Waals surface area contributed by atoms with Crippen LogP contribution >= 0.6 is 23.2 Å². The Morgan fingerprint density at radius 3 is 2.83 bits per heavy atom. The van der Waals surface area contributed by atoms with Crippen LogP contribution in [0.1, 0.15) is 24.6 Å². The fourth-order valence-corrected chi connectivity index (χ4v) is 2.15. The van der Waals surface area contributed by atoms with Gasteiger partial charge in [-0.15, -0.1) is 0 Å². The molecule has 2 aromatic rings. The summed E-state index contributed by atoms with van der Waals surface area (Å²) >= 11 is 11.5. The van der Waals surface area contributed by atoms with E-state index in [1.54, 1.807) is 12.5 Å². The van der Waals surface area contributed by atoms with Gasteiger partial charge in [0.15, 0.2) is 5.15 Å². The molecule has 0 amide bonds. The number of imidazole rings is 1. The van der Waals surface area contributed by atoms with Gasteiger partial charge in [-0.3, -0.25) is 9.36 Å². The second-order valence-electron chi connectivity index (χ2n) is 4.31. The van der Waals surface area contributed by atoms with E-state index in [1.807, 2.05) is 0 Å². The van der Waals surface area contributed by atoms with Crippen molar-refractivity contribution in [1.29, 1.82) is 0 Å². The summed E-state index contributed by atoms with van der Waals surface area (Å²) in [7, 11) is 0. The van der Waals surface area contributed by atoms with E-state index < -0.39 is 0 Å². The molecule has 3 rings (SSSR count). The summed E-state index contributed by atoms with van der Waals surface area (Å²) in [6.45, 7) is 0.402. The van der Waals surface area contributed by atoms with Gasteiger partial charge in [0.25, 0.3) is 5.56 Å². The monoisotopic (exact) mass is 284 g/mol. The zero-order valence-corrected chi connectivity index (χ0v) is 10.9. The van der Waals surface area contributed by atoms with Gasteiger partial charge in [-0.1, -0.05) is 23.2 Å².